The van der Waals surface area contributed by atoms with Crippen molar-refractivity contribution in [3.05, 3.63) is 113 Å². The van der Waals surface area contributed by atoms with E-state index in [0.29, 0.717) is 27.6 Å². The number of halogens is 1. The summed E-state index contributed by atoms with van der Waals surface area (Å²) in [6.45, 7) is -0.0350. The van der Waals surface area contributed by atoms with E-state index in [1.54, 1.807) is 18.2 Å². The van der Waals surface area contributed by atoms with Crippen LogP contribution in [0.15, 0.2) is 95.5 Å². The lowest BCUT2D eigenvalue weighted by Gasteiger charge is -2.27. The average molecular weight is 444 g/mol. The normalized spacial score (nSPS) is 15.1. The third kappa shape index (κ3) is 3.35. The van der Waals surface area contributed by atoms with Crippen LogP contribution >= 0.6 is 11.6 Å². The van der Waals surface area contributed by atoms with Crippen molar-refractivity contribution < 1.29 is 14.1 Å². The number of nitrogens with one attached hydrogen (secondary N) is 1. The highest BCUT2D eigenvalue weighted by Crippen LogP contribution is 2.36. The average Bonchev–Trinajstić information content (AvgIpc) is 3.40. The number of benzene rings is 3. The van der Waals surface area contributed by atoms with Crippen molar-refractivity contribution >= 4 is 23.5 Å². The predicted octanol–water partition coefficient (Wildman–Crippen LogP) is 4.99. The molecule has 2 heterocycles. The monoisotopic (exact) mass is 443 g/mol. The Morgan fingerprint density at radius 2 is 1.47 bits per heavy atom. The summed E-state index contributed by atoms with van der Waals surface area (Å²) in [6.07, 6.45) is 0. The Morgan fingerprint density at radius 3 is 2.06 bits per heavy atom. The van der Waals surface area contributed by atoms with Crippen LogP contribution in [-0.4, -0.2) is 22.0 Å². The van der Waals surface area contributed by atoms with Gasteiger partial charge >= 0.3 is 6.03 Å². The molecule has 1 aliphatic heterocycles. The standard InChI is InChI=1S/C25H18ClN3O3/c26-20-13-11-17(12-14-20)22-15-21(32-28-22)16-29-23(30)25(27-24(29)31,18-7-3-1-4-8-18)19-9-5-2-6-10-19/h1-15H,16H2,(H,27,31). The number of imide groups is 1. The fraction of sp³-hybridized carbons (Fsp3) is 0.0800. The molecule has 6 nitrogen and oxygen atoms in total. The summed E-state index contributed by atoms with van der Waals surface area (Å²) < 4.78 is 5.43. The summed E-state index contributed by atoms with van der Waals surface area (Å²) in [6, 6.07) is 26.9. The van der Waals surface area contributed by atoms with Gasteiger partial charge in [0.15, 0.2) is 11.3 Å². The number of rotatable bonds is 5. The molecule has 1 fully saturated rings. The van der Waals surface area contributed by atoms with Gasteiger partial charge in [0.1, 0.15) is 5.69 Å². The molecule has 0 aliphatic carbocycles. The Labute approximate surface area is 189 Å². The Hall–Kier alpha value is -3.90. The first-order valence-electron chi connectivity index (χ1n) is 10.0. The van der Waals surface area contributed by atoms with E-state index in [2.05, 4.69) is 10.5 Å². The van der Waals surface area contributed by atoms with Gasteiger partial charge in [0, 0.05) is 16.7 Å². The Balaban J connectivity index is 1.48. The van der Waals surface area contributed by atoms with Crippen LogP contribution < -0.4 is 5.32 Å². The Kier molecular flexibility index (Phi) is 4.99. The number of nitrogens with zero attached hydrogens (tertiary/aromatic N) is 2. The number of hydrogen-bond acceptors (Lipinski definition) is 4. The first-order valence-corrected chi connectivity index (χ1v) is 10.4. The largest absolute Gasteiger partial charge is 0.359 e. The number of urea groups is 1. The highest BCUT2D eigenvalue weighted by Gasteiger charge is 2.53. The van der Waals surface area contributed by atoms with E-state index in [0.717, 1.165) is 10.5 Å². The Morgan fingerprint density at radius 1 is 0.875 bits per heavy atom. The molecular weight excluding hydrogens is 426 g/mol. The minimum atomic E-state index is -1.31. The van der Waals surface area contributed by atoms with E-state index in [9.17, 15) is 9.59 Å². The van der Waals surface area contributed by atoms with E-state index >= 15 is 0 Å². The van der Waals surface area contributed by atoms with E-state index in [4.69, 9.17) is 16.1 Å². The third-order valence-corrected chi connectivity index (χ3v) is 5.78. The summed E-state index contributed by atoms with van der Waals surface area (Å²) in [5.74, 6) is 0.0275. The molecule has 0 bridgehead atoms. The van der Waals surface area contributed by atoms with Gasteiger partial charge < -0.3 is 9.84 Å². The minimum Gasteiger partial charge on any atom is -0.359 e. The molecule has 0 spiro atoms. The van der Waals surface area contributed by atoms with E-state index in [1.807, 2.05) is 72.8 Å². The lowest BCUT2D eigenvalue weighted by molar-refractivity contribution is -0.130. The molecule has 1 aromatic heterocycles. The molecule has 7 heteroatoms. The van der Waals surface area contributed by atoms with Crippen molar-refractivity contribution in [2.75, 3.05) is 0 Å². The predicted molar refractivity (Wildman–Crippen MR) is 120 cm³/mol. The van der Waals surface area contributed by atoms with E-state index < -0.39 is 11.6 Å². The van der Waals surface area contributed by atoms with Gasteiger partial charge in [-0.05, 0) is 23.3 Å². The fourth-order valence-corrected chi connectivity index (χ4v) is 4.08. The second kappa shape index (κ2) is 7.98. The van der Waals surface area contributed by atoms with Crippen LogP contribution in [0, 0.1) is 0 Å². The van der Waals surface area contributed by atoms with Crippen molar-refractivity contribution in [2.24, 2.45) is 0 Å². The molecule has 0 unspecified atom stereocenters. The van der Waals surface area contributed by atoms with Crippen LogP contribution in [0.3, 0.4) is 0 Å². The van der Waals surface area contributed by atoms with Gasteiger partial charge in [-0.25, -0.2) is 4.79 Å². The minimum absolute atomic E-state index is 0.0350. The summed E-state index contributed by atoms with van der Waals surface area (Å²) in [4.78, 5) is 27.9. The lowest BCUT2D eigenvalue weighted by atomic mass is 9.82. The van der Waals surface area contributed by atoms with Crippen molar-refractivity contribution in [3.8, 4) is 11.3 Å². The number of hydrogen-bond donors (Lipinski definition) is 1. The highest BCUT2D eigenvalue weighted by atomic mass is 35.5. The summed E-state index contributed by atoms with van der Waals surface area (Å²) in [5.41, 5.74) is 1.49. The van der Waals surface area contributed by atoms with Gasteiger partial charge in [-0.3, -0.25) is 9.69 Å². The van der Waals surface area contributed by atoms with Crippen LogP contribution in [0.5, 0.6) is 0 Å². The first-order chi connectivity index (χ1) is 15.6. The van der Waals surface area contributed by atoms with Crippen molar-refractivity contribution in [3.63, 3.8) is 0 Å². The SMILES string of the molecule is O=C1NC(c2ccccc2)(c2ccccc2)C(=O)N1Cc1cc(-c2ccc(Cl)cc2)no1. The van der Waals surface area contributed by atoms with E-state index in [1.165, 1.54) is 0 Å². The smallest absolute Gasteiger partial charge is 0.325 e. The van der Waals surface area contributed by atoms with Gasteiger partial charge in [0.05, 0.1) is 6.54 Å². The molecule has 3 aromatic carbocycles. The fourth-order valence-electron chi connectivity index (χ4n) is 3.95. The zero-order valence-electron chi connectivity index (χ0n) is 16.9. The van der Waals surface area contributed by atoms with Crippen LogP contribution in [-0.2, 0) is 16.9 Å². The van der Waals surface area contributed by atoms with Gasteiger partial charge in [-0.2, -0.15) is 0 Å². The molecule has 0 saturated carbocycles. The molecule has 3 amide bonds. The molecule has 4 aromatic rings. The maximum atomic E-state index is 13.7. The summed E-state index contributed by atoms with van der Waals surface area (Å²) >= 11 is 5.95. The van der Waals surface area contributed by atoms with Crippen LogP contribution in [0.1, 0.15) is 16.9 Å². The number of amides is 3. The van der Waals surface area contributed by atoms with Crippen molar-refractivity contribution in [1.29, 1.82) is 0 Å². The number of carbonyl (C=O) groups is 2. The van der Waals surface area contributed by atoms with E-state index in [-0.39, 0.29) is 12.5 Å². The molecular formula is C25H18ClN3O3. The zero-order valence-corrected chi connectivity index (χ0v) is 17.6. The van der Waals surface area contributed by atoms with Crippen LogP contribution in [0.25, 0.3) is 11.3 Å². The maximum Gasteiger partial charge on any atom is 0.325 e. The number of aromatic nitrogens is 1. The lowest BCUT2D eigenvalue weighted by Crippen LogP contribution is -2.45. The zero-order chi connectivity index (χ0) is 22.1. The van der Waals surface area contributed by atoms with Crippen LogP contribution in [0.4, 0.5) is 4.79 Å². The van der Waals surface area contributed by atoms with Gasteiger partial charge in [-0.1, -0.05) is 89.6 Å². The second-order valence-electron chi connectivity index (χ2n) is 7.49. The highest BCUT2D eigenvalue weighted by molar-refractivity contribution is 6.30. The van der Waals surface area contributed by atoms with Gasteiger partial charge in [0.25, 0.3) is 5.91 Å². The molecule has 1 aliphatic rings. The quantitative estimate of drug-likeness (QED) is 0.441. The topological polar surface area (TPSA) is 75.4 Å². The third-order valence-electron chi connectivity index (χ3n) is 5.53. The van der Waals surface area contributed by atoms with Gasteiger partial charge in [-0.15, -0.1) is 0 Å². The second-order valence-corrected chi connectivity index (χ2v) is 7.93. The summed E-state index contributed by atoms with van der Waals surface area (Å²) in [7, 11) is 0. The van der Waals surface area contributed by atoms with Crippen molar-refractivity contribution in [1.82, 2.24) is 15.4 Å². The van der Waals surface area contributed by atoms with Crippen molar-refractivity contribution in [2.45, 2.75) is 12.1 Å². The first kappa shape index (κ1) is 20.0. The molecule has 0 radical (unpaired) electrons. The Bertz CT molecular complexity index is 1230. The molecule has 0 atom stereocenters. The molecule has 158 valence electrons. The summed E-state index contributed by atoms with van der Waals surface area (Å²) in [5, 5.41) is 7.62. The molecule has 32 heavy (non-hydrogen) atoms. The van der Waals surface area contributed by atoms with Crippen LogP contribution in [0.2, 0.25) is 5.02 Å². The molecule has 1 saturated heterocycles. The molecule has 1 N–H and O–H groups in total. The molecule has 5 rings (SSSR count). The maximum absolute atomic E-state index is 13.7. The number of carbonyl (C=O) groups excluding carboxylic acids is 2. The van der Waals surface area contributed by atoms with Gasteiger partial charge in [0.2, 0.25) is 0 Å².